The van der Waals surface area contributed by atoms with Gasteiger partial charge >= 0.3 is 0 Å². The van der Waals surface area contributed by atoms with Gasteiger partial charge in [0.1, 0.15) is 12.4 Å². The van der Waals surface area contributed by atoms with Crippen LogP contribution >= 0.6 is 24.0 Å². The Bertz CT molecular complexity index is 529. The standard InChI is InChI=1S/C17H33N7.HI/c1-8-9-18-17(19-10-11-24(13(2)3)14(4)5)20-12-16-22-21-15(6)23(16)7;/h8,13-14H,1,9-12H2,2-7H3,(H2,18,19,20);1H. The highest BCUT2D eigenvalue weighted by molar-refractivity contribution is 14.0. The second-order valence-corrected chi connectivity index (χ2v) is 6.41. The molecule has 7 nitrogen and oxygen atoms in total. The topological polar surface area (TPSA) is 70.4 Å². The van der Waals surface area contributed by atoms with Crippen molar-refractivity contribution in [3.05, 3.63) is 24.3 Å². The van der Waals surface area contributed by atoms with Crippen molar-refractivity contribution in [2.24, 2.45) is 12.0 Å². The number of aromatic nitrogens is 3. The minimum Gasteiger partial charge on any atom is -0.355 e. The van der Waals surface area contributed by atoms with Crippen molar-refractivity contribution < 1.29 is 0 Å². The highest BCUT2D eigenvalue weighted by Gasteiger charge is 2.12. The number of nitrogens with one attached hydrogen (secondary N) is 2. The van der Waals surface area contributed by atoms with Crippen LogP contribution in [-0.2, 0) is 13.6 Å². The lowest BCUT2D eigenvalue weighted by Gasteiger charge is -2.30. The van der Waals surface area contributed by atoms with Crippen molar-refractivity contribution in [3.8, 4) is 0 Å². The van der Waals surface area contributed by atoms with Crippen LogP contribution in [0, 0.1) is 6.92 Å². The molecule has 0 aliphatic heterocycles. The zero-order valence-corrected chi connectivity index (χ0v) is 18.7. The average Bonchev–Trinajstić information content (AvgIpc) is 2.84. The smallest absolute Gasteiger partial charge is 0.192 e. The first-order valence-corrected chi connectivity index (χ1v) is 8.60. The highest BCUT2D eigenvalue weighted by atomic mass is 127. The van der Waals surface area contributed by atoms with Crippen LogP contribution in [0.3, 0.4) is 0 Å². The molecule has 0 atom stereocenters. The molecule has 0 radical (unpaired) electrons. The summed E-state index contributed by atoms with van der Waals surface area (Å²) in [5, 5.41) is 14.8. The quantitative estimate of drug-likeness (QED) is 0.254. The largest absolute Gasteiger partial charge is 0.355 e. The first-order valence-electron chi connectivity index (χ1n) is 8.60. The van der Waals surface area contributed by atoms with Crippen LogP contribution in [0.4, 0.5) is 0 Å². The van der Waals surface area contributed by atoms with Crippen LogP contribution in [0.25, 0.3) is 0 Å². The molecule has 2 N–H and O–H groups in total. The molecular formula is C17H34IN7. The van der Waals surface area contributed by atoms with E-state index in [1.807, 2.05) is 24.6 Å². The second-order valence-electron chi connectivity index (χ2n) is 6.41. The van der Waals surface area contributed by atoms with Crippen LogP contribution < -0.4 is 10.6 Å². The van der Waals surface area contributed by atoms with E-state index in [4.69, 9.17) is 0 Å². The number of hydrogen-bond donors (Lipinski definition) is 2. The minimum absolute atomic E-state index is 0. The maximum absolute atomic E-state index is 4.60. The minimum atomic E-state index is 0. The van der Waals surface area contributed by atoms with E-state index in [9.17, 15) is 0 Å². The molecule has 0 aliphatic carbocycles. The molecular weight excluding hydrogens is 429 g/mol. The van der Waals surface area contributed by atoms with Crippen LogP contribution in [0.5, 0.6) is 0 Å². The summed E-state index contributed by atoms with van der Waals surface area (Å²) in [6.07, 6.45) is 1.82. The van der Waals surface area contributed by atoms with Gasteiger partial charge in [-0.05, 0) is 34.6 Å². The third-order valence-corrected chi connectivity index (χ3v) is 3.96. The molecule has 25 heavy (non-hydrogen) atoms. The van der Waals surface area contributed by atoms with Gasteiger partial charge in [0, 0.05) is 38.8 Å². The van der Waals surface area contributed by atoms with E-state index in [1.165, 1.54) is 0 Å². The fourth-order valence-electron chi connectivity index (χ4n) is 2.50. The number of aliphatic imine (C=N–C) groups is 1. The summed E-state index contributed by atoms with van der Waals surface area (Å²) in [4.78, 5) is 7.05. The average molecular weight is 463 g/mol. The molecule has 144 valence electrons. The molecule has 0 aliphatic rings. The number of rotatable bonds is 9. The molecule has 0 fully saturated rings. The Balaban J connectivity index is 0.00000576. The molecule has 1 rings (SSSR count). The fourth-order valence-corrected chi connectivity index (χ4v) is 2.50. The van der Waals surface area contributed by atoms with E-state index in [2.05, 4.69) is 65.0 Å². The maximum Gasteiger partial charge on any atom is 0.192 e. The van der Waals surface area contributed by atoms with Gasteiger partial charge in [-0.25, -0.2) is 4.99 Å². The van der Waals surface area contributed by atoms with E-state index in [-0.39, 0.29) is 24.0 Å². The zero-order chi connectivity index (χ0) is 18.1. The summed E-state index contributed by atoms with van der Waals surface area (Å²) < 4.78 is 1.95. The van der Waals surface area contributed by atoms with E-state index in [1.54, 1.807) is 0 Å². The summed E-state index contributed by atoms with van der Waals surface area (Å²) in [5.74, 6) is 2.50. The first kappa shape index (κ1) is 23.8. The van der Waals surface area contributed by atoms with Gasteiger partial charge in [0.15, 0.2) is 11.8 Å². The van der Waals surface area contributed by atoms with Crippen LogP contribution in [0.1, 0.15) is 39.3 Å². The molecule has 0 aromatic carbocycles. The summed E-state index contributed by atoms with van der Waals surface area (Å²) >= 11 is 0. The van der Waals surface area contributed by atoms with Crippen molar-refractivity contribution in [1.82, 2.24) is 30.3 Å². The van der Waals surface area contributed by atoms with Gasteiger partial charge in [0.05, 0.1) is 0 Å². The molecule has 1 heterocycles. The second kappa shape index (κ2) is 12.2. The highest BCUT2D eigenvalue weighted by Crippen LogP contribution is 2.03. The predicted octanol–water partition coefficient (Wildman–Crippen LogP) is 2.08. The third kappa shape index (κ3) is 8.17. The summed E-state index contributed by atoms with van der Waals surface area (Å²) in [7, 11) is 1.95. The first-order chi connectivity index (χ1) is 11.4. The molecule has 0 amide bonds. The van der Waals surface area contributed by atoms with Gasteiger partial charge in [-0.1, -0.05) is 6.08 Å². The van der Waals surface area contributed by atoms with Gasteiger partial charge < -0.3 is 15.2 Å². The van der Waals surface area contributed by atoms with Crippen molar-refractivity contribution in [2.45, 2.75) is 53.2 Å². The van der Waals surface area contributed by atoms with E-state index >= 15 is 0 Å². The van der Waals surface area contributed by atoms with E-state index in [0.29, 0.717) is 25.2 Å². The van der Waals surface area contributed by atoms with Gasteiger partial charge in [-0.3, -0.25) is 4.90 Å². The number of nitrogens with zero attached hydrogens (tertiary/aromatic N) is 5. The molecule has 1 aromatic rings. The van der Waals surface area contributed by atoms with E-state index in [0.717, 1.165) is 30.7 Å². The van der Waals surface area contributed by atoms with E-state index < -0.39 is 0 Å². The monoisotopic (exact) mass is 463 g/mol. The van der Waals surface area contributed by atoms with Crippen molar-refractivity contribution in [3.63, 3.8) is 0 Å². The SMILES string of the molecule is C=CCNC(=NCc1nnc(C)n1C)NCCN(C(C)C)C(C)C.I. The Morgan fingerprint density at radius 2 is 1.88 bits per heavy atom. The van der Waals surface area contributed by atoms with Crippen molar-refractivity contribution in [2.75, 3.05) is 19.6 Å². The normalized spacial score (nSPS) is 11.8. The zero-order valence-electron chi connectivity index (χ0n) is 16.4. The van der Waals surface area contributed by atoms with Crippen molar-refractivity contribution in [1.29, 1.82) is 0 Å². The van der Waals surface area contributed by atoms with Gasteiger partial charge in [0.2, 0.25) is 0 Å². The van der Waals surface area contributed by atoms with Crippen LogP contribution in [-0.4, -0.2) is 57.3 Å². The lowest BCUT2D eigenvalue weighted by molar-refractivity contribution is 0.178. The Morgan fingerprint density at radius 1 is 1.24 bits per heavy atom. The van der Waals surface area contributed by atoms with Gasteiger partial charge in [-0.15, -0.1) is 40.8 Å². The predicted molar refractivity (Wildman–Crippen MR) is 115 cm³/mol. The molecule has 1 aromatic heterocycles. The molecule has 0 saturated carbocycles. The van der Waals surface area contributed by atoms with Crippen LogP contribution in [0.2, 0.25) is 0 Å². The summed E-state index contributed by atoms with van der Waals surface area (Å²) in [6.45, 7) is 17.5. The lowest BCUT2D eigenvalue weighted by Crippen LogP contribution is -2.45. The molecule has 0 bridgehead atoms. The van der Waals surface area contributed by atoms with Crippen molar-refractivity contribution >= 4 is 29.9 Å². The molecule has 0 unspecified atom stereocenters. The third-order valence-electron chi connectivity index (χ3n) is 3.96. The molecule has 0 saturated heterocycles. The Morgan fingerprint density at radius 3 is 2.36 bits per heavy atom. The van der Waals surface area contributed by atoms with Gasteiger partial charge in [0.25, 0.3) is 0 Å². The Labute approximate surface area is 169 Å². The Hall–Kier alpha value is -1.16. The molecule has 8 heteroatoms. The maximum atomic E-state index is 4.60. The number of hydrogen-bond acceptors (Lipinski definition) is 4. The number of aryl methyl sites for hydroxylation is 1. The van der Waals surface area contributed by atoms with Crippen LogP contribution in [0.15, 0.2) is 17.6 Å². The van der Waals surface area contributed by atoms with Gasteiger partial charge in [-0.2, -0.15) is 0 Å². The lowest BCUT2D eigenvalue weighted by atomic mass is 10.2. The summed E-state index contributed by atoms with van der Waals surface area (Å²) in [6, 6.07) is 1.05. The summed E-state index contributed by atoms with van der Waals surface area (Å²) in [5.41, 5.74) is 0. The Kier molecular flexibility index (Phi) is 11.7. The molecule has 0 spiro atoms. The number of guanidine groups is 1. The fraction of sp³-hybridized carbons (Fsp3) is 0.706. The number of halogens is 1.